The van der Waals surface area contributed by atoms with E-state index in [9.17, 15) is 13.6 Å². The van der Waals surface area contributed by atoms with Crippen molar-refractivity contribution in [2.45, 2.75) is 25.4 Å². The molecule has 1 N–H and O–H groups in total. The van der Waals surface area contributed by atoms with Crippen molar-refractivity contribution in [2.75, 3.05) is 6.61 Å². The van der Waals surface area contributed by atoms with Crippen LogP contribution in [0.1, 0.15) is 23.1 Å². The van der Waals surface area contributed by atoms with Gasteiger partial charge in [0.15, 0.2) is 0 Å². The molecule has 0 aromatic heterocycles. The molecule has 1 aromatic rings. The van der Waals surface area contributed by atoms with Gasteiger partial charge in [0.25, 0.3) is 5.92 Å². The number of hydrogen-bond acceptors (Lipinski definition) is 2. The maximum atomic E-state index is 13.6. The molecule has 3 nitrogen and oxygen atoms in total. The number of ether oxygens (including phenoxy) is 1. The molecule has 0 atom stereocenters. The van der Waals surface area contributed by atoms with Crippen molar-refractivity contribution in [3.8, 4) is 0 Å². The third-order valence-corrected chi connectivity index (χ3v) is 2.78. The van der Waals surface area contributed by atoms with Gasteiger partial charge < -0.3 is 9.84 Å². The van der Waals surface area contributed by atoms with Gasteiger partial charge in [-0.3, -0.25) is 4.79 Å². The van der Waals surface area contributed by atoms with Crippen LogP contribution in [0.4, 0.5) is 8.78 Å². The van der Waals surface area contributed by atoms with Crippen molar-refractivity contribution in [3.05, 3.63) is 34.9 Å². The number of hydrogen-bond donors (Lipinski definition) is 1. The fraction of sp³-hybridized carbons (Fsp3) is 0.417. The number of rotatable bonds is 3. The van der Waals surface area contributed by atoms with E-state index in [1.165, 1.54) is 12.1 Å². The molecule has 0 unspecified atom stereocenters. The Hall–Kier alpha value is -1.49. The molecule has 1 aromatic carbocycles. The van der Waals surface area contributed by atoms with Crippen molar-refractivity contribution in [2.24, 2.45) is 0 Å². The lowest BCUT2D eigenvalue weighted by molar-refractivity contribution is -0.145. The van der Waals surface area contributed by atoms with Gasteiger partial charge in [-0.25, -0.2) is 8.78 Å². The van der Waals surface area contributed by atoms with Gasteiger partial charge in [-0.15, -0.1) is 0 Å². The number of alkyl halides is 2. The van der Waals surface area contributed by atoms with Crippen LogP contribution in [0, 0.1) is 0 Å². The second-order valence-corrected chi connectivity index (χ2v) is 4.06. The van der Waals surface area contributed by atoms with Crippen LogP contribution in [0.2, 0.25) is 0 Å². The minimum atomic E-state index is -3.32. The van der Waals surface area contributed by atoms with Crippen molar-refractivity contribution in [3.63, 3.8) is 0 Å². The SMILES string of the molecule is O=C(O)CC(F)(F)c1ccc2c(c1)CCOC2. The average Bonchev–Trinajstić information content (AvgIpc) is 2.26. The first-order chi connectivity index (χ1) is 7.99. The van der Waals surface area contributed by atoms with E-state index >= 15 is 0 Å². The van der Waals surface area contributed by atoms with Gasteiger partial charge in [-0.2, -0.15) is 0 Å². The monoisotopic (exact) mass is 242 g/mol. The third-order valence-electron chi connectivity index (χ3n) is 2.78. The highest BCUT2D eigenvalue weighted by Crippen LogP contribution is 2.33. The van der Waals surface area contributed by atoms with Crippen molar-refractivity contribution >= 4 is 5.97 Å². The Morgan fingerprint density at radius 1 is 1.41 bits per heavy atom. The number of fused-ring (bicyclic) bond motifs is 1. The molecule has 0 radical (unpaired) electrons. The van der Waals surface area contributed by atoms with Crippen molar-refractivity contribution in [1.29, 1.82) is 0 Å². The van der Waals surface area contributed by atoms with E-state index in [-0.39, 0.29) is 5.56 Å². The summed E-state index contributed by atoms with van der Waals surface area (Å²) < 4.78 is 32.3. The predicted molar refractivity (Wildman–Crippen MR) is 55.9 cm³/mol. The Kier molecular flexibility index (Phi) is 3.11. The number of carboxylic acid groups (broad SMARTS) is 1. The first-order valence-corrected chi connectivity index (χ1v) is 5.29. The van der Waals surface area contributed by atoms with Crippen LogP contribution in [0.5, 0.6) is 0 Å². The molecule has 5 heteroatoms. The summed E-state index contributed by atoms with van der Waals surface area (Å²) in [6, 6.07) is 4.25. The van der Waals surface area contributed by atoms with Gasteiger partial charge in [-0.1, -0.05) is 12.1 Å². The maximum Gasteiger partial charge on any atom is 0.309 e. The van der Waals surface area contributed by atoms with Crippen molar-refractivity contribution < 1.29 is 23.4 Å². The minimum Gasteiger partial charge on any atom is -0.481 e. The van der Waals surface area contributed by atoms with Gasteiger partial charge in [0.05, 0.1) is 13.2 Å². The van der Waals surface area contributed by atoms with E-state index in [1.807, 2.05) is 0 Å². The van der Waals surface area contributed by atoms with Crippen LogP contribution in [0.3, 0.4) is 0 Å². The normalized spacial score (nSPS) is 15.4. The van der Waals surface area contributed by atoms with E-state index in [4.69, 9.17) is 9.84 Å². The highest BCUT2D eigenvalue weighted by Gasteiger charge is 2.35. The van der Waals surface area contributed by atoms with E-state index in [0.717, 1.165) is 11.1 Å². The van der Waals surface area contributed by atoms with Crippen LogP contribution in [-0.4, -0.2) is 17.7 Å². The number of carbonyl (C=O) groups is 1. The summed E-state index contributed by atoms with van der Waals surface area (Å²) in [6.45, 7) is 0.946. The van der Waals surface area contributed by atoms with Crippen LogP contribution in [0.15, 0.2) is 18.2 Å². The Labute approximate surface area is 97.0 Å². The molecule has 2 rings (SSSR count). The third kappa shape index (κ3) is 2.61. The smallest absolute Gasteiger partial charge is 0.309 e. The summed E-state index contributed by atoms with van der Waals surface area (Å²) in [7, 11) is 0. The molecule has 0 aliphatic carbocycles. The van der Waals surface area contributed by atoms with E-state index in [0.29, 0.717) is 19.6 Å². The molecule has 1 heterocycles. The van der Waals surface area contributed by atoms with Gasteiger partial charge in [-0.05, 0) is 23.6 Å². The fourth-order valence-corrected chi connectivity index (χ4v) is 1.88. The lowest BCUT2D eigenvalue weighted by Gasteiger charge is -2.20. The van der Waals surface area contributed by atoms with Crippen LogP contribution >= 0.6 is 0 Å². The average molecular weight is 242 g/mol. The molecule has 0 spiro atoms. The molecule has 0 bridgehead atoms. The highest BCUT2D eigenvalue weighted by molar-refractivity contribution is 5.68. The molecule has 92 valence electrons. The standard InChI is InChI=1S/C12H12F2O3/c13-12(14,6-11(15)16)10-2-1-9-7-17-4-3-8(9)5-10/h1-2,5H,3-4,6-7H2,(H,15,16). The summed E-state index contributed by atoms with van der Waals surface area (Å²) in [5.41, 5.74) is 1.48. The second kappa shape index (κ2) is 4.41. The largest absolute Gasteiger partial charge is 0.481 e. The van der Waals surface area contributed by atoms with E-state index in [1.54, 1.807) is 6.07 Å². The van der Waals surface area contributed by atoms with Gasteiger partial charge in [0, 0.05) is 5.56 Å². The molecule has 0 saturated carbocycles. The molecule has 0 fully saturated rings. The molecular weight excluding hydrogens is 230 g/mol. The summed E-state index contributed by atoms with van der Waals surface area (Å²) in [6.07, 6.45) is -0.589. The lowest BCUT2D eigenvalue weighted by atomic mass is 9.96. The molecule has 1 aliphatic rings. The fourth-order valence-electron chi connectivity index (χ4n) is 1.88. The molecule has 0 amide bonds. The molecule has 17 heavy (non-hydrogen) atoms. The van der Waals surface area contributed by atoms with Gasteiger partial charge in [0.1, 0.15) is 6.42 Å². The topological polar surface area (TPSA) is 46.5 Å². The molecule has 1 aliphatic heterocycles. The zero-order valence-electron chi connectivity index (χ0n) is 9.08. The Morgan fingerprint density at radius 2 is 2.18 bits per heavy atom. The predicted octanol–water partition coefficient (Wildman–Crippen LogP) is 2.33. The lowest BCUT2D eigenvalue weighted by Crippen LogP contribution is -2.20. The summed E-state index contributed by atoms with van der Waals surface area (Å²) in [5, 5.41) is 8.45. The summed E-state index contributed by atoms with van der Waals surface area (Å²) in [4.78, 5) is 10.4. The van der Waals surface area contributed by atoms with E-state index in [2.05, 4.69) is 0 Å². The van der Waals surface area contributed by atoms with Crippen molar-refractivity contribution in [1.82, 2.24) is 0 Å². The zero-order valence-corrected chi connectivity index (χ0v) is 9.08. The molecule has 0 saturated heterocycles. The molecular formula is C12H12F2O3. The van der Waals surface area contributed by atoms with Gasteiger partial charge in [0.2, 0.25) is 0 Å². The summed E-state index contributed by atoms with van der Waals surface area (Å²) >= 11 is 0. The Bertz CT molecular complexity index is 443. The number of benzene rings is 1. The number of aliphatic carboxylic acids is 1. The maximum absolute atomic E-state index is 13.6. The summed E-state index contributed by atoms with van der Waals surface area (Å²) in [5.74, 6) is -4.82. The Balaban J connectivity index is 2.30. The minimum absolute atomic E-state index is 0.236. The first kappa shape index (κ1) is 12.0. The Morgan fingerprint density at radius 3 is 2.88 bits per heavy atom. The number of carboxylic acids is 1. The first-order valence-electron chi connectivity index (χ1n) is 5.29. The van der Waals surface area contributed by atoms with Crippen LogP contribution in [-0.2, 0) is 28.5 Å². The highest BCUT2D eigenvalue weighted by atomic mass is 19.3. The van der Waals surface area contributed by atoms with Crippen LogP contribution in [0.25, 0.3) is 0 Å². The quantitative estimate of drug-likeness (QED) is 0.884. The van der Waals surface area contributed by atoms with Gasteiger partial charge >= 0.3 is 5.97 Å². The second-order valence-electron chi connectivity index (χ2n) is 4.06. The number of halogens is 2. The zero-order chi connectivity index (χ0) is 12.5. The van der Waals surface area contributed by atoms with E-state index < -0.39 is 18.3 Å². The van der Waals surface area contributed by atoms with Crippen LogP contribution < -0.4 is 0 Å².